The Morgan fingerprint density at radius 2 is 2.19 bits per heavy atom. The number of guanidine groups is 1. The third-order valence-electron chi connectivity index (χ3n) is 3.37. The zero-order valence-corrected chi connectivity index (χ0v) is 13.6. The molecule has 1 rings (SSSR count). The maximum atomic E-state index is 5.89. The highest BCUT2D eigenvalue weighted by atomic mass is 16.5. The van der Waals surface area contributed by atoms with E-state index in [2.05, 4.69) is 28.2 Å². The Hall–Kier alpha value is -1.75. The van der Waals surface area contributed by atoms with Crippen LogP contribution in [0.25, 0.3) is 0 Å². The number of hydrogen-bond donors (Lipinski definition) is 2. The summed E-state index contributed by atoms with van der Waals surface area (Å²) in [5.41, 5.74) is 7.06. The normalized spacial score (nSPS) is 13.3. The molecule has 0 bridgehead atoms. The lowest BCUT2D eigenvalue weighted by molar-refractivity contribution is 0.305. The summed E-state index contributed by atoms with van der Waals surface area (Å²) in [4.78, 5) is 6.59. The number of benzene rings is 1. The summed E-state index contributed by atoms with van der Waals surface area (Å²) in [7, 11) is 5.76. The Kier molecular flexibility index (Phi) is 7.61. The van der Waals surface area contributed by atoms with Gasteiger partial charge in [-0.1, -0.05) is 25.5 Å². The lowest BCUT2D eigenvalue weighted by atomic mass is 10.1. The van der Waals surface area contributed by atoms with Gasteiger partial charge in [0.1, 0.15) is 5.75 Å². The van der Waals surface area contributed by atoms with Crippen LogP contribution in [0.5, 0.6) is 5.75 Å². The Morgan fingerprint density at radius 1 is 1.43 bits per heavy atom. The second-order valence-electron chi connectivity index (χ2n) is 5.26. The standard InChI is InChI=1S/C16H28N4O/c1-5-6-10-18-16(17)19-12-15(20(2)3)13-8-7-9-14(11-13)21-4/h7-9,11,15H,5-6,10,12H2,1-4H3,(H3,17,18,19). The van der Waals surface area contributed by atoms with Gasteiger partial charge in [-0.25, -0.2) is 0 Å². The molecule has 0 spiro atoms. The van der Waals surface area contributed by atoms with Crippen LogP contribution in [0.3, 0.4) is 0 Å². The smallest absolute Gasteiger partial charge is 0.188 e. The minimum Gasteiger partial charge on any atom is -0.497 e. The van der Waals surface area contributed by atoms with Crippen molar-refractivity contribution in [1.29, 1.82) is 0 Å². The van der Waals surface area contributed by atoms with Crippen LogP contribution in [0.1, 0.15) is 31.4 Å². The summed E-state index contributed by atoms with van der Waals surface area (Å²) in [5, 5.41) is 3.14. The number of nitrogens with two attached hydrogens (primary N) is 1. The highest BCUT2D eigenvalue weighted by Crippen LogP contribution is 2.22. The number of nitrogens with one attached hydrogen (secondary N) is 1. The van der Waals surface area contributed by atoms with Gasteiger partial charge in [-0.15, -0.1) is 0 Å². The van der Waals surface area contributed by atoms with E-state index in [1.165, 1.54) is 5.56 Å². The molecular formula is C16H28N4O. The second kappa shape index (κ2) is 9.23. The van der Waals surface area contributed by atoms with Crippen molar-refractivity contribution in [3.63, 3.8) is 0 Å². The Labute approximate surface area is 128 Å². The molecular weight excluding hydrogens is 264 g/mol. The zero-order valence-electron chi connectivity index (χ0n) is 13.6. The van der Waals surface area contributed by atoms with Crippen LogP contribution in [0.2, 0.25) is 0 Å². The first kappa shape index (κ1) is 17.3. The van der Waals surface area contributed by atoms with Gasteiger partial charge in [-0.3, -0.25) is 4.99 Å². The predicted octanol–water partition coefficient (Wildman–Crippen LogP) is 2.00. The molecule has 0 fully saturated rings. The minimum atomic E-state index is 0.173. The first-order valence-corrected chi connectivity index (χ1v) is 7.42. The molecule has 21 heavy (non-hydrogen) atoms. The van der Waals surface area contributed by atoms with Gasteiger partial charge < -0.3 is 20.7 Å². The fourth-order valence-electron chi connectivity index (χ4n) is 2.05. The Morgan fingerprint density at radius 3 is 2.81 bits per heavy atom. The van der Waals surface area contributed by atoms with E-state index in [0.717, 1.165) is 25.1 Å². The molecule has 0 amide bonds. The van der Waals surface area contributed by atoms with Crippen molar-refractivity contribution >= 4 is 5.96 Å². The van der Waals surface area contributed by atoms with Crippen LogP contribution >= 0.6 is 0 Å². The van der Waals surface area contributed by atoms with Gasteiger partial charge >= 0.3 is 0 Å². The van der Waals surface area contributed by atoms with Gasteiger partial charge in [-0.2, -0.15) is 0 Å². The van der Waals surface area contributed by atoms with E-state index in [9.17, 15) is 0 Å². The third kappa shape index (κ3) is 6.04. The van der Waals surface area contributed by atoms with Gasteiger partial charge in [0.05, 0.1) is 19.7 Å². The quantitative estimate of drug-likeness (QED) is 0.437. The molecule has 0 saturated carbocycles. The number of methoxy groups -OCH3 is 1. The van der Waals surface area contributed by atoms with E-state index in [1.54, 1.807) is 7.11 Å². The summed E-state index contributed by atoms with van der Waals surface area (Å²) < 4.78 is 5.28. The highest BCUT2D eigenvalue weighted by molar-refractivity contribution is 5.77. The topological polar surface area (TPSA) is 62.9 Å². The average molecular weight is 292 g/mol. The lowest BCUT2D eigenvalue weighted by Gasteiger charge is -2.23. The zero-order chi connectivity index (χ0) is 15.7. The van der Waals surface area contributed by atoms with Gasteiger partial charge in [0, 0.05) is 6.54 Å². The minimum absolute atomic E-state index is 0.173. The summed E-state index contributed by atoms with van der Waals surface area (Å²) >= 11 is 0. The number of nitrogens with zero attached hydrogens (tertiary/aromatic N) is 2. The fourth-order valence-corrected chi connectivity index (χ4v) is 2.05. The molecule has 0 heterocycles. The molecule has 1 unspecified atom stereocenters. The lowest BCUT2D eigenvalue weighted by Crippen LogP contribution is -2.33. The van der Waals surface area contributed by atoms with Crippen LogP contribution in [-0.4, -0.2) is 45.2 Å². The molecule has 0 saturated heterocycles. The van der Waals surface area contributed by atoms with E-state index in [4.69, 9.17) is 10.5 Å². The van der Waals surface area contributed by atoms with Crippen molar-refractivity contribution in [2.24, 2.45) is 10.7 Å². The van der Waals surface area contributed by atoms with E-state index in [-0.39, 0.29) is 6.04 Å². The van der Waals surface area contributed by atoms with E-state index >= 15 is 0 Å². The number of hydrogen-bond acceptors (Lipinski definition) is 3. The molecule has 118 valence electrons. The van der Waals surface area contributed by atoms with Crippen molar-refractivity contribution in [1.82, 2.24) is 10.2 Å². The van der Waals surface area contributed by atoms with Crippen molar-refractivity contribution in [2.45, 2.75) is 25.8 Å². The van der Waals surface area contributed by atoms with Gasteiger partial charge in [-0.05, 0) is 38.2 Å². The van der Waals surface area contributed by atoms with Crippen LogP contribution in [0.15, 0.2) is 29.3 Å². The fraction of sp³-hybridized carbons (Fsp3) is 0.562. The number of aliphatic imine (C=N–C) groups is 1. The van der Waals surface area contributed by atoms with E-state index in [1.807, 2.05) is 32.3 Å². The molecule has 1 aromatic carbocycles. The van der Waals surface area contributed by atoms with Crippen LogP contribution in [0.4, 0.5) is 0 Å². The molecule has 0 aliphatic heterocycles. The largest absolute Gasteiger partial charge is 0.497 e. The summed E-state index contributed by atoms with van der Waals surface area (Å²) in [6, 6.07) is 8.24. The third-order valence-corrected chi connectivity index (χ3v) is 3.37. The average Bonchev–Trinajstić information content (AvgIpc) is 2.47. The molecule has 0 aliphatic rings. The molecule has 0 radical (unpaired) electrons. The van der Waals surface area contributed by atoms with Crippen molar-refractivity contribution in [2.75, 3.05) is 34.3 Å². The van der Waals surface area contributed by atoms with Crippen LogP contribution < -0.4 is 15.8 Å². The molecule has 5 heteroatoms. The second-order valence-corrected chi connectivity index (χ2v) is 5.26. The molecule has 5 nitrogen and oxygen atoms in total. The number of rotatable bonds is 8. The van der Waals surface area contributed by atoms with Gasteiger partial charge in [0.25, 0.3) is 0 Å². The number of likely N-dealkylation sites (N-methyl/N-ethyl adjacent to an activating group) is 1. The molecule has 1 aromatic rings. The summed E-state index contributed by atoms with van der Waals surface area (Å²) in [6.07, 6.45) is 2.24. The van der Waals surface area contributed by atoms with E-state index < -0.39 is 0 Å². The first-order valence-electron chi connectivity index (χ1n) is 7.42. The maximum Gasteiger partial charge on any atom is 0.188 e. The Balaban J connectivity index is 2.71. The molecule has 1 atom stereocenters. The van der Waals surface area contributed by atoms with Crippen LogP contribution in [-0.2, 0) is 0 Å². The molecule has 0 aromatic heterocycles. The summed E-state index contributed by atoms with van der Waals surface area (Å²) in [6.45, 7) is 3.64. The number of unbranched alkanes of at least 4 members (excludes halogenated alkanes) is 1. The first-order chi connectivity index (χ1) is 10.1. The molecule has 0 aliphatic carbocycles. The number of ether oxygens (including phenoxy) is 1. The van der Waals surface area contributed by atoms with Crippen molar-refractivity contribution < 1.29 is 4.74 Å². The maximum absolute atomic E-state index is 5.89. The molecule has 3 N–H and O–H groups in total. The SMILES string of the molecule is CCCCNC(N)=NCC(c1cccc(OC)c1)N(C)C. The van der Waals surface area contributed by atoms with Crippen molar-refractivity contribution in [3.05, 3.63) is 29.8 Å². The predicted molar refractivity (Wildman–Crippen MR) is 88.8 cm³/mol. The van der Waals surface area contributed by atoms with Gasteiger partial charge in [0.15, 0.2) is 5.96 Å². The van der Waals surface area contributed by atoms with Crippen molar-refractivity contribution in [3.8, 4) is 5.75 Å². The summed E-state index contributed by atoms with van der Waals surface area (Å²) in [5.74, 6) is 1.37. The monoisotopic (exact) mass is 292 g/mol. The Bertz CT molecular complexity index is 446. The van der Waals surface area contributed by atoms with Gasteiger partial charge in [0.2, 0.25) is 0 Å². The van der Waals surface area contributed by atoms with E-state index in [0.29, 0.717) is 12.5 Å². The van der Waals surface area contributed by atoms with Crippen LogP contribution in [0, 0.1) is 0 Å². The highest BCUT2D eigenvalue weighted by Gasteiger charge is 2.14.